The van der Waals surface area contributed by atoms with E-state index in [9.17, 15) is 9.90 Å². The van der Waals surface area contributed by atoms with Gasteiger partial charge < -0.3 is 15.4 Å². The molecule has 0 spiro atoms. The van der Waals surface area contributed by atoms with Crippen molar-refractivity contribution in [1.82, 2.24) is 9.55 Å². The number of aliphatic hydroxyl groups is 1. The van der Waals surface area contributed by atoms with Gasteiger partial charge in [-0.05, 0) is 18.9 Å². The van der Waals surface area contributed by atoms with E-state index >= 15 is 0 Å². The maximum atomic E-state index is 11.0. The summed E-state index contributed by atoms with van der Waals surface area (Å²) in [5, 5.41) is 10.1. The lowest BCUT2D eigenvalue weighted by Crippen LogP contribution is -2.12. The first-order valence-electron chi connectivity index (χ1n) is 6.14. The number of carbonyl (C=O) groups is 1. The van der Waals surface area contributed by atoms with Crippen molar-refractivity contribution in [3.63, 3.8) is 0 Å². The zero-order valence-corrected chi connectivity index (χ0v) is 10.7. The molecule has 5 heteroatoms. The van der Waals surface area contributed by atoms with E-state index in [4.69, 9.17) is 5.73 Å². The second-order valence-corrected chi connectivity index (χ2v) is 4.58. The first-order chi connectivity index (χ1) is 9.08. The minimum Gasteiger partial charge on any atom is -0.388 e. The molecule has 2 rings (SSSR count). The highest BCUT2D eigenvalue weighted by Crippen LogP contribution is 2.23. The molecule has 0 saturated heterocycles. The van der Waals surface area contributed by atoms with Crippen LogP contribution in [0, 0.1) is 0 Å². The van der Waals surface area contributed by atoms with E-state index in [1.165, 1.54) is 0 Å². The van der Waals surface area contributed by atoms with Gasteiger partial charge in [0.25, 0.3) is 5.91 Å². The van der Waals surface area contributed by atoms with Crippen LogP contribution in [-0.2, 0) is 0 Å². The summed E-state index contributed by atoms with van der Waals surface area (Å²) >= 11 is 0. The molecule has 1 heterocycles. The SMILES string of the molecule is CC(CC(O)c1ccccc1)n1cnc(C(N)=O)c1. The summed E-state index contributed by atoms with van der Waals surface area (Å²) < 4.78 is 1.78. The Labute approximate surface area is 111 Å². The zero-order valence-electron chi connectivity index (χ0n) is 10.7. The van der Waals surface area contributed by atoms with Crippen LogP contribution in [0.3, 0.4) is 0 Å². The normalized spacial score (nSPS) is 14.0. The molecule has 0 aliphatic heterocycles. The molecule has 0 saturated carbocycles. The van der Waals surface area contributed by atoms with Gasteiger partial charge in [0, 0.05) is 12.2 Å². The van der Waals surface area contributed by atoms with Gasteiger partial charge >= 0.3 is 0 Å². The number of benzene rings is 1. The predicted molar refractivity (Wildman–Crippen MR) is 71.5 cm³/mol. The largest absolute Gasteiger partial charge is 0.388 e. The van der Waals surface area contributed by atoms with Crippen LogP contribution in [0.5, 0.6) is 0 Å². The summed E-state index contributed by atoms with van der Waals surface area (Å²) in [5.41, 5.74) is 6.27. The Hall–Kier alpha value is -2.14. The Bertz CT molecular complexity index is 551. The summed E-state index contributed by atoms with van der Waals surface area (Å²) in [4.78, 5) is 14.9. The first kappa shape index (κ1) is 13.3. The number of rotatable bonds is 5. The molecule has 2 unspecified atom stereocenters. The van der Waals surface area contributed by atoms with Gasteiger partial charge in [-0.1, -0.05) is 30.3 Å². The Balaban J connectivity index is 2.04. The topological polar surface area (TPSA) is 81.1 Å². The van der Waals surface area contributed by atoms with Gasteiger partial charge in [0.05, 0.1) is 12.4 Å². The third-order valence-electron chi connectivity index (χ3n) is 3.11. The van der Waals surface area contributed by atoms with E-state index in [0.717, 1.165) is 5.56 Å². The van der Waals surface area contributed by atoms with Crippen LogP contribution in [0.25, 0.3) is 0 Å². The molecule has 1 aromatic heterocycles. The molecule has 0 fully saturated rings. The van der Waals surface area contributed by atoms with E-state index in [1.54, 1.807) is 17.1 Å². The number of nitrogens with two attached hydrogens (primary N) is 1. The maximum Gasteiger partial charge on any atom is 0.268 e. The predicted octanol–water partition coefficient (Wildman–Crippen LogP) is 1.67. The Kier molecular flexibility index (Phi) is 3.97. The number of nitrogens with zero attached hydrogens (tertiary/aromatic N) is 2. The van der Waals surface area contributed by atoms with E-state index in [2.05, 4.69) is 4.98 Å². The molecule has 3 N–H and O–H groups in total. The van der Waals surface area contributed by atoms with Crippen LogP contribution >= 0.6 is 0 Å². The number of primary amides is 1. The van der Waals surface area contributed by atoms with Gasteiger partial charge in [-0.2, -0.15) is 0 Å². The van der Waals surface area contributed by atoms with Crippen LogP contribution in [-0.4, -0.2) is 20.6 Å². The van der Waals surface area contributed by atoms with Gasteiger partial charge in [0.1, 0.15) is 5.69 Å². The number of hydrogen-bond donors (Lipinski definition) is 2. The summed E-state index contributed by atoms with van der Waals surface area (Å²) in [5.74, 6) is -0.547. The van der Waals surface area contributed by atoms with Crippen molar-refractivity contribution in [3.8, 4) is 0 Å². The second kappa shape index (κ2) is 5.67. The number of carbonyl (C=O) groups excluding carboxylic acids is 1. The number of hydrogen-bond acceptors (Lipinski definition) is 3. The molecule has 19 heavy (non-hydrogen) atoms. The Morgan fingerprint density at radius 1 is 1.42 bits per heavy atom. The lowest BCUT2D eigenvalue weighted by Gasteiger charge is -2.17. The molecule has 1 aromatic carbocycles. The van der Waals surface area contributed by atoms with Crippen molar-refractivity contribution in [1.29, 1.82) is 0 Å². The molecule has 5 nitrogen and oxygen atoms in total. The molecule has 100 valence electrons. The number of amides is 1. The van der Waals surface area contributed by atoms with Crippen LogP contribution in [0.4, 0.5) is 0 Å². The highest BCUT2D eigenvalue weighted by atomic mass is 16.3. The minimum absolute atomic E-state index is 0.0239. The summed E-state index contributed by atoms with van der Waals surface area (Å²) in [6.07, 6.45) is 3.15. The van der Waals surface area contributed by atoms with E-state index in [0.29, 0.717) is 6.42 Å². The van der Waals surface area contributed by atoms with E-state index < -0.39 is 12.0 Å². The zero-order chi connectivity index (χ0) is 13.8. The van der Waals surface area contributed by atoms with Crippen molar-refractivity contribution >= 4 is 5.91 Å². The lowest BCUT2D eigenvalue weighted by molar-refractivity contribution is 0.0996. The van der Waals surface area contributed by atoms with Crippen LogP contribution < -0.4 is 5.73 Å². The molecule has 2 atom stereocenters. The third kappa shape index (κ3) is 3.20. The van der Waals surface area contributed by atoms with E-state index in [1.807, 2.05) is 37.3 Å². The van der Waals surface area contributed by atoms with Crippen molar-refractivity contribution in [2.24, 2.45) is 5.73 Å². The van der Waals surface area contributed by atoms with E-state index in [-0.39, 0.29) is 11.7 Å². The van der Waals surface area contributed by atoms with Crippen molar-refractivity contribution in [2.75, 3.05) is 0 Å². The monoisotopic (exact) mass is 259 g/mol. The Morgan fingerprint density at radius 2 is 2.11 bits per heavy atom. The molecule has 0 aliphatic rings. The first-order valence-corrected chi connectivity index (χ1v) is 6.14. The fourth-order valence-corrected chi connectivity index (χ4v) is 1.96. The molecule has 0 aliphatic carbocycles. The van der Waals surface area contributed by atoms with Gasteiger partial charge in [-0.15, -0.1) is 0 Å². The van der Waals surface area contributed by atoms with Crippen molar-refractivity contribution < 1.29 is 9.90 Å². The number of aromatic nitrogens is 2. The fourth-order valence-electron chi connectivity index (χ4n) is 1.96. The highest BCUT2D eigenvalue weighted by Gasteiger charge is 2.15. The molecular formula is C14H17N3O2. The molecular weight excluding hydrogens is 242 g/mol. The lowest BCUT2D eigenvalue weighted by atomic mass is 10.0. The summed E-state index contributed by atoms with van der Waals surface area (Å²) in [7, 11) is 0. The smallest absolute Gasteiger partial charge is 0.268 e. The van der Waals surface area contributed by atoms with Gasteiger partial charge in [0.2, 0.25) is 0 Å². The van der Waals surface area contributed by atoms with Gasteiger partial charge in [0.15, 0.2) is 0 Å². The number of imidazole rings is 1. The summed E-state index contributed by atoms with van der Waals surface area (Å²) in [6.45, 7) is 1.96. The molecule has 1 amide bonds. The summed E-state index contributed by atoms with van der Waals surface area (Å²) in [6, 6.07) is 9.50. The third-order valence-corrected chi connectivity index (χ3v) is 3.11. The second-order valence-electron chi connectivity index (χ2n) is 4.58. The molecule has 0 bridgehead atoms. The average Bonchev–Trinajstić information content (AvgIpc) is 2.89. The van der Waals surface area contributed by atoms with Crippen LogP contribution in [0.2, 0.25) is 0 Å². The molecule has 0 radical (unpaired) electrons. The van der Waals surface area contributed by atoms with Crippen molar-refractivity contribution in [3.05, 3.63) is 54.1 Å². The van der Waals surface area contributed by atoms with Crippen LogP contribution in [0.1, 0.15) is 41.5 Å². The molecule has 2 aromatic rings. The number of aliphatic hydroxyl groups excluding tert-OH is 1. The Morgan fingerprint density at radius 3 is 2.68 bits per heavy atom. The van der Waals surface area contributed by atoms with Gasteiger partial charge in [-0.3, -0.25) is 4.79 Å². The fraction of sp³-hybridized carbons (Fsp3) is 0.286. The van der Waals surface area contributed by atoms with Gasteiger partial charge in [-0.25, -0.2) is 4.98 Å². The quantitative estimate of drug-likeness (QED) is 0.857. The average molecular weight is 259 g/mol. The van der Waals surface area contributed by atoms with Crippen LogP contribution in [0.15, 0.2) is 42.9 Å². The minimum atomic E-state index is -0.547. The standard InChI is InChI=1S/C14H17N3O2/c1-10(17-8-12(14(15)19)16-9-17)7-13(18)11-5-3-2-4-6-11/h2-6,8-10,13,18H,7H2,1H3,(H2,15,19). The highest BCUT2D eigenvalue weighted by molar-refractivity contribution is 5.90. The maximum absolute atomic E-state index is 11.0. The van der Waals surface area contributed by atoms with Crippen molar-refractivity contribution in [2.45, 2.75) is 25.5 Å².